The van der Waals surface area contributed by atoms with Gasteiger partial charge in [0.2, 0.25) is 11.8 Å². The molecule has 1 aromatic carbocycles. The van der Waals surface area contributed by atoms with Gasteiger partial charge in [0.05, 0.1) is 36.9 Å². The Bertz CT molecular complexity index is 1170. The number of hydrogen-bond acceptors (Lipinski definition) is 10. The third-order valence-corrected chi connectivity index (χ3v) is 7.22. The number of carbonyl (C=O) groups excluding carboxylic acids is 2. The van der Waals surface area contributed by atoms with Crippen molar-refractivity contribution in [3.8, 4) is 0 Å². The van der Waals surface area contributed by atoms with Gasteiger partial charge in [0.25, 0.3) is 0 Å². The molecule has 1 aromatic heterocycles. The Morgan fingerprint density at radius 1 is 1.21 bits per heavy atom. The zero-order valence-electron chi connectivity index (χ0n) is 21.2. The third kappa shape index (κ3) is 11.2. The number of nitrogens with two attached hydrogens (primary N) is 1. The van der Waals surface area contributed by atoms with E-state index in [-0.39, 0.29) is 50.1 Å². The summed E-state index contributed by atoms with van der Waals surface area (Å²) in [5.41, 5.74) is 5.50. The molecule has 16 heteroatoms. The van der Waals surface area contributed by atoms with Gasteiger partial charge in [0.1, 0.15) is 6.04 Å². The lowest BCUT2D eigenvalue weighted by molar-refractivity contribution is -0.126. The summed E-state index contributed by atoms with van der Waals surface area (Å²) < 4.78 is 30.5. The van der Waals surface area contributed by atoms with Crippen molar-refractivity contribution >= 4 is 44.9 Å². The first-order valence-electron chi connectivity index (χ1n) is 11.8. The van der Waals surface area contributed by atoms with Gasteiger partial charge in [-0.25, -0.2) is 13.1 Å². The van der Waals surface area contributed by atoms with Crippen LogP contribution in [0.25, 0.3) is 0 Å². The van der Waals surface area contributed by atoms with E-state index in [0.717, 1.165) is 5.56 Å². The molecule has 0 aliphatic carbocycles. The maximum atomic E-state index is 12.6. The summed E-state index contributed by atoms with van der Waals surface area (Å²) in [6.07, 6.45) is 0.441. The van der Waals surface area contributed by atoms with Gasteiger partial charge in [-0.3, -0.25) is 9.59 Å². The Balaban J connectivity index is 1.98. The smallest absolute Gasteiger partial charge is 0.240 e. The molecule has 2 rings (SSSR count). The molecular formula is C22H33Cl2N7O6S. The van der Waals surface area contributed by atoms with Crippen LogP contribution < -0.4 is 16.4 Å². The van der Waals surface area contributed by atoms with E-state index in [1.165, 1.54) is 4.68 Å². The number of nitrogens with one attached hydrogen (secondary N) is 2. The van der Waals surface area contributed by atoms with Crippen LogP contribution in [-0.4, -0.2) is 82.3 Å². The van der Waals surface area contributed by atoms with Gasteiger partial charge < -0.3 is 26.2 Å². The molecule has 0 saturated carbocycles. The number of benzene rings is 1. The van der Waals surface area contributed by atoms with E-state index in [0.29, 0.717) is 22.3 Å². The van der Waals surface area contributed by atoms with Crippen molar-refractivity contribution in [1.29, 1.82) is 0 Å². The summed E-state index contributed by atoms with van der Waals surface area (Å²) in [6.45, 7) is 3.03. The molecule has 0 aliphatic rings. The molecule has 0 radical (unpaired) electrons. The molecule has 212 valence electrons. The molecule has 0 aliphatic heterocycles. The van der Waals surface area contributed by atoms with Gasteiger partial charge >= 0.3 is 0 Å². The molecule has 1 heterocycles. The highest BCUT2D eigenvalue weighted by atomic mass is 35.5. The van der Waals surface area contributed by atoms with Gasteiger partial charge in [-0.1, -0.05) is 23.2 Å². The number of tetrazole rings is 1. The molecule has 0 fully saturated rings. The minimum Gasteiger partial charge on any atom is -0.395 e. The van der Waals surface area contributed by atoms with Crippen LogP contribution in [0.15, 0.2) is 18.2 Å². The number of aryl methyl sites for hydroxylation is 1. The Morgan fingerprint density at radius 2 is 1.89 bits per heavy atom. The first-order chi connectivity index (χ1) is 17.8. The van der Waals surface area contributed by atoms with Crippen LogP contribution in [0, 0.1) is 0 Å². The Morgan fingerprint density at radius 3 is 2.53 bits per heavy atom. The number of aliphatic hydroxyl groups excluding tert-OH is 1. The van der Waals surface area contributed by atoms with Crippen LogP contribution >= 0.6 is 23.2 Å². The number of nitrogens with zero attached hydrogens (tertiary/aromatic N) is 4. The third-order valence-electron chi connectivity index (χ3n) is 5.15. The molecule has 2 amide bonds. The standard InChI is InChI=1S/C22H33Cl2N7O6S/c1-22(2,25)21(34)27-18(14-37-13-15-10-16(23)12-17(24)11-15)20-28-29-30-31(20)6-3-4-19(33)26-5-8-38(35,36)9-7-32/h10-12,18,32H,3-9,13-14,25H2,1-2H3,(H,26,33)(H,27,34)/t18-/m1/s1. The number of hydrogen-bond donors (Lipinski definition) is 4. The maximum absolute atomic E-state index is 12.6. The maximum Gasteiger partial charge on any atom is 0.240 e. The summed E-state index contributed by atoms with van der Waals surface area (Å²) in [5, 5.41) is 26.7. The summed E-state index contributed by atoms with van der Waals surface area (Å²) in [4.78, 5) is 24.7. The summed E-state index contributed by atoms with van der Waals surface area (Å²) in [7, 11) is -3.41. The number of rotatable bonds is 16. The predicted octanol–water partition coefficient (Wildman–Crippen LogP) is 0.395. The van der Waals surface area contributed by atoms with Gasteiger partial charge in [-0.15, -0.1) is 5.10 Å². The highest BCUT2D eigenvalue weighted by Crippen LogP contribution is 2.20. The molecule has 13 nitrogen and oxygen atoms in total. The number of aromatic nitrogens is 4. The van der Waals surface area contributed by atoms with E-state index in [2.05, 4.69) is 26.2 Å². The van der Waals surface area contributed by atoms with Crippen LogP contribution in [0.5, 0.6) is 0 Å². The first kappa shape index (κ1) is 31.9. The van der Waals surface area contributed by atoms with Crippen molar-refractivity contribution in [2.75, 3.05) is 31.3 Å². The highest BCUT2D eigenvalue weighted by molar-refractivity contribution is 7.91. The largest absolute Gasteiger partial charge is 0.395 e. The van der Waals surface area contributed by atoms with Crippen molar-refractivity contribution < 1.29 is 27.9 Å². The van der Waals surface area contributed by atoms with Crippen LogP contribution in [0.4, 0.5) is 0 Å². The number of ether oxygens (including phenoxy) is 1. The zero-order chi connectivity index (χ0) is 28.3. The second-order valence-corrected chi connectivity index (χ2v) is 12.3. The summed E-state index contributed by atoms with van der Waals surface area (Å²) in [6, 6.07) is 4.27. The number of amides is 2. The second kappa shape index (κ2) is 14.7. The molecule has 38 heavy (non-hydrogen) atoms. The average molecular weight is 595 g/mol. The first-order valence-corrected chi connectivity index (χ1v) is 14.3. The molecule has 0 spiro atoms. The second-order valence-electron chi connectivity index (χ2n) is 9.13. The van der Waals surface area contributed by atoms with Gasteiger partial charge in [0, 0.05) is 29.6 Å². The zero-order valence-corrected chi connectivity index (χ0v) is 23.5. The molecule has 1 atom stereocenters. The predicted molar refractivity (Wildman–Crippen MR) is 141 cm³/mol. The minimum atomic E-state index is -3.41. The van der Waals surface area contributed by atoms with Crippen LogP contribution in [0.1, 0.15) is 44.1 Å². The van der Waals surface area contributed by atoms with E-state index in [1.54, 1.807) is 32.0 Å². The van der Waals surface area contributed by atoms with E-state index >= 15 is 0 Å². The summed E-state index contributed by atoms with van der Waals surface area (Å²) in [5.74, 6) is -1.07. The fourth-order valence-corrected chi connectivity index (χ4v) is 4.67. The topological polar surface area (TPSA) is 191 Å². The molecule has 0 bridgehead atoms. The minimum absolute atomic E-state index is 0.00905. The lowest BCUT2D eigenvalue weighted by Gasteiger charge is -2.24. The quantitative estimate of drug-likeness (QED) is 0.211. The van der Waals surface area contributed by atoms with Crippen molar-refractivity contribution in [2.45, 2.75) is 51.4 Å². The van der Waals surface area contributed by atoms with Crippen LogP contribution in [0.2, 0.25) is 10.0 Å². The SMILES string of the molecule is CC(C)(N)C(=O)N[C@H](COCc1cc(Cl)cc(Cl)c1)c1nnnn1CCCC(=O)NCCS(=O)(=O)CCO. The lowest BCUT2D eigenvalue weighted by atomic mass is 10.1. The molecule has 0 saturated heterocycles. The van der Waals surface area contributed by atoms with Crippen molar-refractivity contribution in [2.24, 2.45) is 5.73 Å². The Labute approximate surface area is 231 Å². The number of sulfone groups is 1. The molecule has 2 aromatic rings. The molecule has 0 unspecified atom stereocenters. The number of aliphatic hydroxyl groups is 1. The van der Waals surface area contributed by atoms with E-state index in [9.17, 15) is 18.0 Å². The monoisotopic (exact) mass is 593 g/mol. The van der Waals surface area contributed by atoms with Crippen molar-refractivity contribution in [3.05, 3.63) is 39.6 Å². The van der Waals surface area contributed by atoms with Crippen molar-refractivity contribution in [1.82, 2.24) is 30.8 Å². The fraction of sp³-hybridized carbons (Fsp3) is 0.591. The van der Waals surface area contributed by atoms with E-state index < -0.39 is 33.9 Å². The molecular weight excluding hydrogens is 561 g/mol. The van der Waals surface area contributed by atoms with Crippen molar-refractivity contribution in [3.63, 3.8) is 0 Å². The normalized spacial score (nSPS) is 12.8. The van der Waals surface area contributed by atoms with Gasteiger partial charge in [-0.2, -0.15) is 0 Å². The van der Waals surface area contributed by atoms with Gasteiger partial charge in [0.15, 0.2) is 15.7 Å². The van der Waals surface area contributed by atoms with E-state index in [1.807, 2.05) is 0 Å². The number of carbonyl (C=O) groups is 2. The van der Waals surface area contributed by atoms with Gasteiger partial charge in [-0.05, 0) is 54.5 Å². The fourth-order valence-electron chi connectivity index (χ4n) is 3.20. The Kier molecular flexibility index (Phi) is 12.3. The lowest BCUT2D eigenvalue weighted by Crippen LogP contribution is -2.51. The Hall–Kier alpha value is -2.36. The highest BCUT2D eigenvalue weighted by Gasteiger charge is 2.28. The summed E-state index contributed by atoms with van der Waals surface area (Å²) >= 11 is 12.1. The van der Waals surface area contributed by atoms with Crippen LogP contribution in [0.3, 0.4) is 0 Å². The van der Waals surface area contributed by atoms with E-state index in [4.69, 9.17) is 38.8 Å². The number of halogens is 2. The molecule has 5 N–H and O–H groups in total. The van der Waals surface area contributed by atoms with Crippen LogP contribution in [-0.2, 0) is 37.3 Å². The average Bonchev–Trinajstić information content (AvgIpc) is 3.25.